The van der Waals surface area contributed by atoms with E-state index in [2.05, 4.69) is 10.6 Å². The lowest BCUT2D eigenvalue weighted by Crippen LogP contribution is -2.56. The molecule has 36 heavy (non-hydrogen) atoms. The van der Waals surface area contributed by atoms with E-state index in [-0.39, 0.29) is 29.8 Å². The zero-order valence-corrected chi connectivity index (χ0v) is 23.1. The number of ether oxygens (including phenoxy) is 1. The van der Waals surface area contributed by atoms with Crippen LogP contribution in [-0.4, -0.2) is 46.5 Å². The van der Waals surface area contributed by atoms with E-state index in [1.165, 1.54) is 6.42 Å². The molecule has 2 saturated carbocycles. The third-order valence-corrected chi connectivity index (χ3v) is 7.09. The molecule has 3 amide bonds. The van der Waals surface area contributed by atoms with Crippen LogP contribution in [0.4, 0.5) is 4.79 Å². The summed E-state index contributed by atoms with van der Waals surface area (Å²) in [5, 5.41) is 6.09. The Morgan fingerprint density at radius 2 is 1.56 bits per heavy atom. The van der Waals surface area contributed by atoms with Crippen LogP contribution in [-0.2, 0) is 14.3 Å². The van der Waals surface area contributed by atoms with Gasteiger partial charge in [0.1, 0.15) is 17.7 Å². The second kappa shape index (κ2) is 11.7. The van der Waals surface area contributed by atoms with Crippen molar-refractivity contribution in [3.8, 4) is 0 Å². The summed E-state index contributed by atoms with van der Waals surface area (Å²) < 4.78 is 5.46. The predicted octanol–water partition coefficient (Wildman–Crippen LogP) is 5.33. The molecule has 2 atom stereocenters. The van der Waals surface area contributed by atoms with Crippen molar-refractivity contribution in [1.82, 2.24) is 15.5 Å². The SMILES string of the molecule is Cc1cccc(C)c1C(C(=O)NC1CCCCC1)N(C(=O)C(NC(=O)OC(C)(C)C)C(C)C)C1CC1. The Labute approximate surface area is 216 Å². The maximum absolute atomic E-state index is 14.2. The average Bonchev–Trinajstić information content (AvgIpc) is 3.60. The molecule has 0 spiro atoms. The Hall–Kier alpha value is -2.57. The molecular weight excluding hydrogens is 454 g/mol. The van der Waals surface area contributed by atoms with Crippen molar-refractivity contribution in [1.29, 1.82) is 0 Å². The Balaban J connectivity index is 1.97. The van der Waals surface area contributed by atoms with Gasteiger partial charge in [-0.1, -0.05) is 51.3 Å². The zero-order chi connectivity index (χ0) is 26.6. The Morgan fingerprint density at radius 1 is 0.972 bits per heavy atom. The number of amides is 3. The molecule has 7 heteroatoms. The van der Waals surface area contributed by atoms with Gasteiger partial charge in [-0.15, -0.1) is 0 Å². The molecule has 0 aromatic heterocycles. The molecule has 7 nitrogen and oxygen atoms in total. The fraction of sp³-hybridized carbons (Fsp3) is 0.690. The summed E-state index contributed by atoms with van der Waals surface area (Å²) in [6.45, 7) is 13.2. The number of nitrogens with one attached hydrogen (secondary N) is 2. The molecule has 1 aromatic carbocycles. The zero-order valence-electron chi connectivity index (χ0n) is 23.1. The summed E-state index contributed by atoms with van der Waals surface area (Å²) >= 11 is 0. The highest BCUT2D eigenvalue weighted by molar-refractivity contribution is 5.93. The van der Waals surface area contributed by atoms with E-state index >= 15 is 0 Å². The average molecular weight is 500 g/mol. The maximum Gasteiger partial charge on any atom is 0.408 e. The fourth-order valence-electron chi connectivity index (χ4n) is 5.16. The van der Waals surface area contributed by atoms with Gasteiger partial charge in [0.2, 0.25) is 11.8 Å². The molecule has 0 radical (unpaired) electrons. The van der Waals surface area contributed by atoms with Gasteiger partial charge < -0.3 is 20.3 Å². The standard InChI is InChI=1S/C29H45N3O4/c1-18(2)24(31-28(35)36-29(5,6)7)27(34)32(22-16-17-22)25(23-19(3)12-11-13-20(23)4)26(33)30-21-14-9-8-10-15-21/h11-13,18,21-22,24-25H,8-10,14-17H2,1-7H3,(H,30,33)(H,31,35). The quantitative estimate of drug-likeness (QED) is 0.506. The first-order chi connectivity index (χ1) is 16.9. The van der Waals surface area contributed by atoms with Crippen LogP contribution >= 0.6 is 0 Å². The van der Waals surface area contributed by atoms with Crippen LogP contribution in [0, 0.1) is 19.8 Å². The van der Waals surface area contributed by atoms with Crippen molar-refractivity contribution in [2.45, 2.75) is 123 Å². The molecule has 3 rings (SSSR count). The van der Waals surface area contributed by atoms with Gasteiger partial charge in [0.15, 0.2) is 0 Å². The van der Waals surface area contributed by atoms with Crippen molar-refractivity contribution in [3.05, 3.63) is 34.9 Å². The van der Waals surface area contributed by atoms with E-state index in [4.69, 9.17) is 4.74 Å². The van der Waals surface area contributed by atoms with Gasteiger partial charge in [0.25, 0.3) is 0 Å². The summed E-state index contributed by atoms with van der Waals surface area (Å²) in [5.41, 5.74) is 2.17. The number of rotatable bonds is 8. The summed E-state index contributed by atoms with van der Waals surface area (Å²) in [4.78, 5) is 42.6. The first-order valence-electron chi connectivity index (χ1n) is 13.6. The lowest BCUT2D eigenvalue weighted by atomic mass is 9.91. The highest BCUT2D eigenvalue weighted by Crippen LogP contribution is 2.38. The molecule has 0 aliphatic heterocycles. The van der Waals surface area contributed by atoms with Gasteiger partial charge >= 0.3 is 6.09 Å². The smallest absolute Gasteiger partial charge is 0.408 e. The molecule has 1 aromatic rings. The van der Waals surface area contributed by atoms with Crippen molar-refractivity contribution in [2.75, 3.05) is 0 Å². The number of carbonyl (C=O) groups is 3. The molecule has 2 aliphatic rings. The molecule has 200 valence electrons. The number of aryl methyl sites for hydroxylation is 2. The van der Waals surface area contributed by atoms with Crippen molar-refractivity contribution >= 4 is 17.9 Å². The number of hydrogen-bond donors (Lipinski definition) is 2. The summed E-state index contributed by atoms with van der Waals surface area (Å²) in [5.74, 6) is -0.532. The second-order valence-electron chi connectivity index (χ2n) is 11.9. The summed E-state index contributed by atoms with van der Waals surface area (Å²) in [7, 11) is 0. The van der Waals surface area contributed by atoms with Crippen LogP contribution in [0.15, 0.2) is 18.2 Å². The van der Waals surface area contributed by atoms with E-state index in [0.29, 0.717) is 0 Å². The van der Waals surface area contributed by atoms with Crippen LogP contribution < -0.4 is 10.6 Å². The van der Waals surface area contributed by atoms with Crippen LogP contribution in [0.5, 0.6) is 0 Å². The third kappa shape index (κ3) is 7.23. The molecule has 0 saturated heterocycles. The Morgan fingerprint density at radius 3 is 2.06 bits per heavy atom. The van der Waals surface area contributed by atoms with Gasteiger partial charge in [0, 0.05) is 12.1 Å². The van der Waals surface area contributed by atoms with Gasteiger partial charge in [-0.3, -0.25) is 9.59 Å². The fourth-order valence-corrected chi connectivity index (χ4v) is 5.16. The lowest BCUT2D eigenvalue weighted by molar-refractivity contribution is -0.144. The number of benzene rings is 1. The van der Waals surface area contributed by atoms with E-state index in [0.717, 1.165) is 55.2 Å². The van der Waals surface area contributed by atoms with Gasteiger partial charge in [0.05, 0.1) is 0 Å². The topological polar surface area (TPSA) is 87.7 Å². The highest BCUT2D eigenvalue weighted by atomic mass is 16.6. The summed E-state index contributed by atoms with van der Waals surface area (Å²) in [6.07, 6.45) is 6.43. The maximum atomic E-state index is 14.2. The van der Waals surface area contributed by atoms with Crippen molar-refractivity contribution in [3.63, 3.8) is 0 Å². The highest BCUT2D eigenvalue weighted by Gasteiger charge is 2.45. The monoisotopic (exact) mass is 499 g/mol. The molecule has 2 N–H and O–H groups in total. The van der Waals surface area contributed by atoms with Crippen LogP contribution in [0.25, 0.3) is 0 Å². The first-order valence-corrected chi connectivity index (χ1v) is 13.6. The first kappa shape index (κ1) is 28.0. The van der Waals surface area contributed by atoms with E-state index < -0.39 is 23.8 Å². The lowest BCUT2D eigenvalue weighted by Gasteiger charge is -2.37. The second-order valence-corrected chi connectivity index (χ2v) is 11.9. The molecule has 2 fully saturated rings. The molecular formula is C29H45N3O4. The van der Waals surface area contributed by atoms with Crippen LogP contribution in [0.1, 0.15) is 102 Å². The van der Waals surface area contributed by atoms with Crippen LogP contribution in [0.2, 0.25) is 0 Å². The number of carbonyl (C=O) groups excluding carboxylic acids is 3. The Kier molecular flexibility index (Phi) is 9.07. The normalized spacial score (nSPS) is 18.3. The van der Waals surface area contributed by atoms with Gasteiger partial charge in [-0.2, -0.15) is 0 Å². The van der Waals surface area contributed by atoms with Crippen molar-refractivity contribution < 1.29 is 19.1 Å². The Bertz CT molecular complexity index is 922. The van der Waals surface area contributed by atoms with Gasteiger partial charge in [-0.25, -0.2) is 4.79 Å². The van der Waals surface area contributed by atoms with Crippen LogP contribution in [0.3, 0.4) is 0 Å². The van der Waals surface area contributed by atoms with Gasteiger partial charge in [-0.05, 0) is 82.9 Å². The number of nitrogens with zero attached hydrogens (tertiary/aromatic N) is 1. The summed E-state index contributed by atoms with van der Waals surface area (Å²) in [6, 6.07) is 4.55. The minimum atomic E-state index is -0.797. The third-order valence-electron chi connectivity index (χ3n) is 7.09. The number of hydrogen-bond acceptors (Lipinski definition) is 4. The minimum Gasteiger partial charge on any atom is -0.444 e. The predicted molar refractivity (Wildman–Crippen MR) is 142 cm³/mol. The molecule has 2 unspecified atom stereocenters. The molecule has 0 heterocycles. The van der Waals surface area contributed by atoms with Crippen molar-refractivity contribution in [2.24, 2.45) is 5.92 Å². The number of alkyl carbamates (subject to hydrolysis) is 1. The van der Waals surface area contributed by atoms with E-state index in [1.807, 2.05) is 45.9 Å². The largest absolute Gasteiger partial charge is 0.444 e. The van der Waals surface area contributed by atoms with E-state index in [1.54, 1.807) is 25.7 Å². The van der Waals surface area contributed by atoms with E-state index in [9.17, 15) is 14.4 Å². The minimum absolute atomic E-state index is 0.0275. The molecule has 2 aliphatic carbocycles. The molecule has 0 bridgehead atoms.